The highest BCUT2D eigenvalue weighted by Crippen LogP contribution is 2.26. The Morgan fingerprint density at radius 1 is 1.00 bits per heavy atom. The van der Waals surface area contributed by atoms with E-state index in [0.29, 0.717) is 38.4 Å². The van der Waals surface area contributed by atoms with Crippen LogP contribution in [0.25, 0.3) is 22.4 Å². The zero-order valence-electron chi connectivity index (χ0n) is 21.7. The van der Waals surface area contributed by atoms with Crippen LogP contribution in [-0.2, 0) is 28.2 Å². The second kappa shape index (κ2) is 9.72. The molecule has 0 bridgehead atoms. The number of aromatic nitrogens is 3. The molecule has 9 nitrogen and oxygen atoms in total. The normalized spacial score (nSPS) is 15.0. The van der Waals surface area contributed by atoms with Crippen LogP contribution in [0.2, 0.25) is 0 Å². The number of rotatable bonds is 6. The molecule has 1 aliphatic rings. The van der Waals surface area contributed by atoms with Crippen molar-refractivity contribution in [2.24, 2.45) is 12.5 Å². The second-order valence-corrected chi connectivity index (χ2v) is 13.0. The van der Waals surface area contributed by atoms with Gasteiger partial charge in [0.2, 0.25) is 5.91 Å². The quantitative estimate of drug-likeness (QED) is 0.503. The smallest absolute Gasteiger partial charge is 0.330 e. The Balaban J connectivity index is 1.47. The van der Waals surface area contributed by atoms with Crippen LogP contribution in [0.1, 0.15) is 27.7 Å². The Hall–Kier alpha value is -3.14. The van der Waals surface area contributed by atoms with Gasteiger partial charge in [-0.15, -0.1) is 0 Å². The highest BCUT2D eigenvalue weighted by Gasteiger charge is 2.25. The molecule has 0 aliphatic carbocycles. The maximum Gasteiger partial charge on any atom is 0.330 e. The van der Waals surface area contributed by atoms with Gasteiger partial charge < -0.3 is 9.80 Å². The Labute approximate surface area is 212 Å². The first kappa shape index (κ1) is 25.9. The van der Waals surface area contributed by atoms with E-state index < -0.39 is 15.6 Å². The predicted molar refractivity (Wildman–Crippen MR) is 143 cm³/mol. The van der Waals surface area contributed by atoms with Crippen molar-refractivity contribution in [3.63, 3.8) is 0 Å². The fourth-order valence-electron chi connectivity index (χ4n) is 4.50. The van der Waals surface area contributed by atoms with Crippen molar-refractivity contribution in [1.82, 2.24) is 19.0 Å². The summed E-state index contributed by atoms with van der Waals surface area (Å²) in [7, 11) is -1.57. The van der Waals surface area contributed by atoms with Gasteiger partial charge in [-0.3, -0.25) is 13.9 Å². The second-order valence-electron chi connectivity index (χ2n) is 10.6. The third kappa shape index (κ3) is 5.48. The minimum absolute atomic E-state index is 0.0219. The number of piperazine rings is 1. The topological polar surface area (TPSA) is 97.5 Å². The molecule has 1 fully saturated rings. The summed E-state index contributed by atoms with van der Waals surface area (Å²) in [5.74, 6) is -0.758. The molecule has 0 radical (unpaired) electrons. The fourth-order valence-corrected chi connectivity index (χ4v) is 5.26. The number of carbonyl (C=O) groups is 1. The molecule has 0 saturated carbocycles. The number of anilines is 1. The van der Waals surface area contributed by atoms with Crippen LogP contribution in [-0.4, -0.2) is 71.0 Å². The van der Waals surface area contributed by atoms with Crippen molar-refractivity contribution >= 4 is 32.6 Å². The van der Waals surface area contributed by atoms with E-state index in [1.165, 1.54) is 0 Å². The third-order valence-corrected chi connectivity index (χ3v) is 8.12. The first-order valence-corrected chi connectivity index (χ1v) is 14.1. The number of imidazole rings is 1. The molecule has 36 heavy (non-hydrogen) atoms. The van der Waals surface area contributed by atoms with Crippen molar-refractivity contribution in [2.45, 2.75) is 34.2 Å². The van der Waals surface area contributed by atoms with Crippen LogP contribution in [0.3, 0.4) is 0 Å². The van der Waals surface area contributed by atoms with Crippen molar-refractivity contribution in [3.05, 3.63) is 46.9 Å². The summed E-state index contributed by atoms with van der Waals surface area (Å²) in [6, 6.07) is 12.0. The van der Waals surface area contributed by atoms with Gasteiger partial charge >= 0.3 is 5.69 Å². The molecule has 1 aliphatic heterocycles. The number of fused-ring (bicyclic) bond motifs is 1. The summed E-state index contributed by atoms with van der Waals surface area (Å²) in [5.41, 5.74) is 4.19. The SMILES string of the molecule is CCS(=O)(=O)CC(=O)N1CCN(c2ccc(-c3ccc4c(n3)n(C)c(=O)n4CC(C)(C)C)cc2)CC1. The van der Waals surface area contributed by atoms with Gasteiger partial charge in [-0.25, -0.2) is 18.2 Å². The Bertz CT molecular complexity index is 1420. The van der Waals surface area contributed by atoms with E-state index in [1.807, 2.05) is 36.4 Å². The lowest BCUT2D eigenvalue weighted by Gasteiger charge is -2.36. The van der Waals surface area contributed by atoms with E-state index in [1.54, 1.807) is 28.0 Å². The zero-order valence-corrected chi connectivity index (χ0v) is 22.5. The summed E-state index contributed by atoms with van der Waals surface area (Å²) in [6.45, 7) is 10.8. The number of sulfone groups is 1. The summed E-state index contributed by atoms with van der Waals surface area (Å²) in [4.78, 5) is 33.8. The molecule has 4 rings (SSSR count). The molecule has 1 saturated heterocycles. The van der Waals surface area contributed by atoms with Gasteiger partial charge in [-0.1, -0.05) is 39.8 Å². The molecule has 10 heteroatoms. The van der Waals surface area contributed by atoms with Crippen LogP contribution in [0, 0.1) is 5.41 Å². The lowest BCUT2D eigenvalue weighted by molar-refractivity contribution is -0.128. The van der Waals surface area contributed by atoms with E-state index in [0.717, 1.165) is 22.5 Å². The number of amides is 1. The molecule has 3 aromatic rings. The molecule has 0 spiro atoms. The van der Waals surface area contributed by atoms with Crippen LogP contribution >= 0.6 is 0 Å². The standard InChI is InChI=1S/C26H35N5O4S/c1-6-36(34,35)17-23(32)30-15-13-29(14-16-30)20-9-7-19(8-10-20)21-11-12-22-24(27-21)28(5)25(33)31(22)18-26(2,3)4/h7-12H,6,13-18H2,1-5H3. The zero-order chi connectivity index (χ0) is 26.3. The average Bonchev–Trinajstić information content (AvgIpc) is 3.07. The monoisotopic (exact) mass is 513 g/mol. The third-order valence-electron chi connectivity index (χ3n) is 6.56. The van der Waals surface area contributed by atoms with Crippen LogP contribution in [0.15, 0.2) is 41.2 Å². The lowest BCUT2D eigenvalue weighted by Crippen LogP contribution is -2.50. The first-order chi connectivity index (χ1) is 16.9. The number of carbonyl (C=O) groups excluding carboxylic acids is 1. The van der Waals surface area contributed by atoms with Gasteiger partial charge in [0, 0.05) is 56.8 Å². The van der Waals surface area contributed by atoms with Crippen molar-refractivity contribution in [3.8, 4) is 11.3 Å². The Kier molecular flexibility index (Phi) is 7.01. The van der Waals surface area contributed by atoms with Gasteiger partial charge in [0.15, 0.2) is 15.5 Å². The molecule has 1 aromatic carbocycles. The van der Waals surface area contributed by atoms with Crippen LogP contribution in [0.4, 0.5) is 5.69 Å². The summed E-state index contributed by atoms with van der Waals surface area (Å²) in [5, 5.41) is 0. The number of hydrogen-bond acceptors (Lipinski definition) is 6. The summed E-state index contributed by atoms with van der Waals surface area (Å²) >= 11 is 0. The first-order valence-electron chi connectivity index (χ1n) is 12.3. The predicted octanol–water partition coefficient (Wildman–Crippen LogP) is 2.53. The van der Waals surface area contributed by atoms with Crippen LogP contribution in [0.5, 0.6) is 0 Å². The maximum atomic E-state index is 12.8. The van der Waals surface area contributed by atoms with Gasteiger partial charge in [0.05, 0.1) is 11.2 Å². The van der Waals surface area contributed by atoms with Gasteiger partial charge in [-0.05, 0) is 29.7 Å². The van der Waals surface area contributed by atoms with Gasteiger partial charge in [0.1, 0.15) is 5.75 Å². The fraction of sp³-hybridized carbons (Fsp3) is 0.500. The summed E-state index contributed by atoms with van der Waals surface area (Å²) < 4.78 is 26.9. The largest absolute Gasteiger partial charge is 0.368 e. The van der Waals surface area contributed by atoms with Gasteiger partial charge in [0.25, 0.3) is 0 Å². The number of nitrogens with zero attached hydrogens (tertiary/aromatic N) is 5. The average molecular weight is 514 g/mol. The molecule has 1 amide bonds. The van der Waals surface area contributed by atoms with Crippen molar-refractivity contribution in [2.75, 3.05) is 42.6 Å². The van der Waals surface area contributed by atoms with Crippen molar-refractivity contribution in [1.29, 1.82) is 0 Å². The number of aryl methyl sites for hydroxylation is 1. The molecular weight excluding hydrogens is 478 g/mol. The van der Waals surface area contributed by atoms with Gasteiger partial charge in [-0.2, -0.15) is 0 Å². The Morgan fingerprint density at radius 3 is 2.22 bits per heavy atom. The molecule has 2 aromatic heterocycles. The number of hydrogen-bond donors (Lipinski definition) is 0. The molecule has 0 unspecified atom stereocenters. The number of pyridine rings is 1. The van der Waals surface area contributed by atoms with E-state index in [2.05, 4.69) is 25.7 Å². The molecular formula is C26H35N5O4S. The molecule has 0 atom stereocenters. The highest BCUT2D eigenvalue weighted by atomic mass is 32.2. The van der Waals surface area contributed by atoms with Crippen molar-refractivity contribution < 1.29 is 13.2 Å². The molecule has 3 heterocycles. The lowest BCUT2D eigenvalue weighted by atomic mass is 9.97. The minimum Gasteiger partial charge on any atom is -0.368 e. The number of benzene rings is 1. The maximum absolute atomic E-state index is 12.8. The molecule has 0 N–H and O–H groups in total. The minimum atomic E-state index is -3.32. The highest BCUT2D eigenvalue weighted by molar-refractivity contribution is 7.92. The van der Waals surface area contributed by atoms with E-state index in [-0.39, 0.29) is 22.8 Å². The van der Waals surface area contributed by atoms with Crippen LogP contribution < -0.4 is 10.6 Å². The van der Waals surface area contributed by atoms with E-state index in [9.17, 15) is 18.0 Å². The Morgan fingerprint density at radius 2 is 1.64 bits per heavy atom. The summed E-state index contributed by atoms with van der Waals surface area (Å²) in [6.07, 6.45) is 0. The van der Waals surface area contributed by atoms with E-state index in [4.69, 9.17) is 4.98 Å². The molecule has 194 valence electrons. The van der Waals surface area contributed by atoms with E-state index >= 15 is 0 Å².